The van der Waals surface area contributed by atoms with Crippen molar-refractivity contribution in [2.45, 2.75) is 46.0 Å². The molecule has 0 spiro atoms. The predicted octanol–water partition coefficient (Wildman–Crippen LogP) is 2.15. The molecule has 1 fully saturated rings. The highest BCUT2D eigenvalue weighted by molar-refractivity contribution is 5.87. The van der Waals surface area contributed by atoms with Gasteiger partial charge in [0.15, 0.2) is 0 Å². The highest BCUT2D eigenvalue weighted by Gasteiger charge is 2.43. The average molecular weight is 184 g/mol. The third-order valence-electron chi connectivity index (χ3n) is 3.18. The molecule has 1 rings (SSSR count). The quantitative estimate of drug-likeness (QED) is 0.727. The van der Waals surface area contributed by atoms with E-state index in [1.54, 1.807) is 0 Å². The van der Waals surface area contributed by atoms with Crippen molar-refractivity contribution in [2.75, 3.05) is 6.61 Å². The lowest BCUT2D eigenvalue weighted by molar-refractivity contribution is -0.127. The molecular formula is C11H20O2. The van der Waals surface area contributed by atoms with Gasteiger partial charge >= 0.3 is 0 Å². The zero-order valence-corrected chi connectivity index (χ0v) is 8.68. The summed E-state index contributed by atoms with van der Waals surface area (Å²) in [5.41, 5.74) is -0.164. The molecule has 1 N–H and O–H groups in total. The molecule has 0 amide bonds. The summed E-state index contributed by atoms with van der Waals surface area (Å²) in [4.78, 5) is 11.8. The fraction of sp³-hybridized carbons (Fsp3) is 0.909. The number of rotatable bonds is 4. The Kier molecular flexibility index (Phi) is 3.48. The number of ketones is 1. The molecule has 2 atom stereocenters. The van der Waals surface area contributed by atoms with E-state index in [0.29, 0.717) is 18.1 Å². The van der Waals surface area contributed by atoms with Gasteiger partial charge in [0.1, 0.15) is 5.78 Å². The largest absolute Gasteiger partial charge is 0.396 e. The summed E-state index contributed by atoms with van der Waals surface area (Å²) in [7, 11) is 0. The van der Waals surface area contributed by atoms with E-state index in [-0.39, 0.29) is 12.0 Å². The first-order chi connectivity index (χ1) is 6.14. The van der Waals surface area contributed by atoms with Crippen LogP contribution >= 0.6 is 0 Å². The highest BCUT2D eigenvalue weighted by Crippen LogP contribution is 2.44. The van der Waals surface area contributed by atoms with Crippen LogP contribution in [0.1, 0.15) is 46.0 Å². The van der Waals surface area contributed by atoms with Crippen molar-refractivity contribution in [3.05, 3.63) is 0 Å². The molecule has 0 aliphatic heterocycles. The second-order valence-corrected chi connectivity index (χ2v) is 4.44. The van der Waals surface area contributed by atoms with Crippen LogP contribution in [0.3, 0.4) is 0 Å². The van der Waals surface area contributed by atoms with Crippen LogP contribution in [0.15, 0.2) is 0 Å². The van der Waals surface area contributed by atoms with Crippen molar-refractivity contribution in [1.82, 2.24) is 0 Å². The second-order valence-electron chi connectivity index (χ2n) is 4.44. The maximum atomic E-state index is 11.8. The summed E-state index contributed by atoms with van der Waals surface area (Å²) in [6, 6.07) is 0. The van der Waals surface area contributed by atoms with Crippen LogP contribution in [-0.2, 0) is 4.79 Å². The lowest BCUT2D eigenvalue weighted by Crippen LogP contribution is -2.26. The molecule has 0 saturated heterocycles. The minimum absolute atomic E-state index is 0.151. The van der Waals surface area contributed by atoms with E-state index in [9.17, 15) is 4.79 Å². The van der Waals surface area contributed by atoms with Gasteiger partial charge in [0, 0.05) is 18.4 Å². The van der Waals surface area contributed by atoms with E-state index in [1.807, 2.05) is 0 Å². The van der Waals surface area contributed by atoms with Crippen LogP contribution in [0.4, 0.5) is 0 Å². The van der Waals surface area contributed by atoms with E-state index < -0.39 is 0 Å². The van der Waals surface area contributed by atoms with Crippen LogP contribution in [0.5, 0.6) is 0 Å². The van der Waals surface area contributed by atoms with Crippen LogP contribution in [0, 0.1) is 11.3 Å². The van der Waals surface area contributed by atoms with E-state index in [0.717, 1.165) is 25.7 Å². The van der Waals surface area contributed by atoms with Gasteiger partial charge in [0.25, 0.3) is 0 Å². The number of hydrogen-bond donors (Lipinski definition) is 1. The molecule has 13 heavy (non-hydrogen) atoms. The Balaban J connectivity index is 2.71. The Labute approximate surface area is 80.3 Å². The molecule has 0 radical (unpaired) electrons. The van der Waals surface area contributed by atoms with E-state index in [4.69, 9.17) is 5.11 Å². The smallest absolute Gasteiger partial charge is 0.139 e. The van der Waals surface area contributed by atoms with Crippen molar-refractivity contribution in [3.8, 4) is 0 Å². The van der Waals surface area contributed by atoms with Crippen molar-refractivity contribution in [3.63, 3.8) is 0 Å². The molecule has 0 aromatic rings. The number of aliphatic hydroxyl groups excluding tert-OH is 1. The minimum atomic E-state index is -0.164. The molecule has 2 nitrogen and oxygen atoms in total. The van der Waals surface area contributed by atoms with Crippen LogP contribution in [-0.4, -0.2) is 17.5 Å². The van der Waals surface area contributed by atoms with Gasteiger partial charge in [-0.05, 0) is 25.2 Å². The molecule has 2 unspecified atom stereocenters. The van der Waals surface area contributed by atoms with E-state index >= 15 is 0 Å². The summed E-state index contributed by atoms with van der Waals surface area (Å²) in [6.07, 6.45) is 4.37. The SMILES string of the molecule is CCCC1(CCO)CC(C)CC1=O. The van der Waals surface area contributed by atoms with Gasteiger partial charge in [-0.15, -0.1) is 0 Å². The number of carbonyl (C=O) groups excluding carboxylic acids is 1. The molecule has 1 saturated carbocycles. The molecule has 76 valence electrons. The number of carbonyl (C=O) groups is 1. The first-order valence-corrected chi connectivity index (χ1v) is 5.29. The van der Waals surface area contributed by atoms with E-state index in [2.05, 4.69) is 13.8 Å². The monoisotopic (exact) mass is 184 g/mol. The van der Waals surface area contributed by atoms with Crippen LogP contribution < -0.4 is 0 Å². The van der Waals surface area contributed by atoms with Crippen molar-refractivity contribution in [2.24, 2.45) is 11.3 Å². The summed E-state index contributed by atoms with van der Waals surface area (Å²) >= 11 is 0. The highest BCUT2D eigenvalue weighted by atomic mass is 16.3. The molecule has 0 bridgehead atoms. The number of hydrogen-bond acceptors (Lipinski definition) is 2. The topological polar surface area (TPSA) is 37.3 Å². The number of aliphatic hydroxyl groups is 1. The lowest BCUT2D eigenvalue weighted by Gasteiger charge is -2.26. The molecule has 0 heterocycles. The van der Waals surface area contributed by atoms with Crippen LogP contribution in [0.2, 0.25) is 0 Å². The zero-order valence-electron chi connectivity index (χ0n) is 8.68. The van der Waals surface area contributed by atoms with Gasteiger partial charge in [0.05, 0.1) is 0 Å². The summed E-state index contributed by atoms with van der Waals surface area (Å²) in [5.74, 6) is 0.904. The van der Waals surface area contributed by atoms with Crippen LogP contribution in [0.25, 0.3) is 0 Å². The van der Waals surface area contributed by atoms with Crippen molar-refractivity contribution in [1.29, 1.82) is 0 Å². The third kappa shape index (κ3) is 2.11. The molecule has 0 aromatic heterocycles. The molecular weight excluding hydrogens is 164 g/mol. The lowest BCUT2D eigenvalue weighted by atomic mass is 9.77. The van der Waals surface area contributed by atoms with Crippen molar-refractivity contribution < 1.29 is 9.90 Å². The first kappa shape index (κ1) is 10.7. The summed E-state index contributed by atoms with van der Waals surface area (Å²) in [5, 5.41) is 8.97. The molecule has 2 heteroatoms. The maximum absolute atomic E-state index is 11.8. The normalized spacial score (nSPS) is 34.1. The Morgan fingerprint density at radius 1 is 1.54 bits per heavy atom. The average Bonchev–Trinajstić information content (AvgIpc) is 2.28. The second kappa shape index (κ2) is 4.23. The van der Waals surface area contributed by atoms with E-state index in [1.165, 1.54) is 0 Å². The zero-order chi connectivity index (χ0) is 9.90. The van der Waals surface area contributed by atoms with Gasteiger partial charge in [-0.25, -0.2) is 0 Å². The summed E-state index contributed by atoms with van der Waals surface area (Å²) in [6.45, 7) is 4.39. The Morgan fingerprint density at radius 2 is 2.23 bits per heavy atom. The fourth-order valence-electron chi connectivity index (χ4n) is 2.69. The molecule has 0 aromatic carbocycles. The number of Topliss-reactive ketones (excluding diaryl/α,β-unsaturated/α-hetero) is 1. The van der Waals surface area contributed by atoms with Gasteiger partial charge in [-0.3, -0.25) is 4.79 Å². The van der Waals surface area contributed by atoms with Gasteiger partial charge in [-0.2, -0.15) is 0 Å². The minimum Gasteiger partial charge on any atom is -0.396 e. The maximum Gasteiger partial charge on any atom is 0.139 e. The third-order valence-corrected chi connectivity index (χ3v) is 3.18. The summed E-state index contributed by atoms with van der Waals surface area (Å²) < 4.78 is 0. The molecule has 1 aliphatic carbocycles. The standard InChI is InChI=1S/C11H20O2/c1-3-4-11(5-6-12)8-9(2)7-10(11)13/h9,12H,3-8H2,1-2H3. The Hall–Kier alpha value is -0.370. The van der Waals surface area contributed by atoms with Gasteiger partial charge < -0.3 is 5.11 Å². The first-order valence-electron chi connectivity index (χ1n) is 5.29. The fourth-order valence-corrected chi connectivity index (χ4v) is 2.69. The Bertz CT molecular complexity index is 181. The molecule has 1 aliphatic rings. The van der Waals surface area contributed by atoms with Gasteiger partial charge in [0.2, 0.25) is 0 Å². The predicted molar refractivity (Wildman–Crippen MR) is 52.4 cm³/mol. The Morgan fingerprint density at radius 3 is 2.62 bits per heavy atom. The van der Waals surface area contributed by atoms with Crippen molar-refractivity contribution >= 4 is 5.78 Å². The van der Waals surface area contributed by atoms with Gasteiger partial charge in [-0.1, -0.05) is 20.3 Å².